The molecule has 0 saturated carbocycles. The number of aromatic amines is 1. The summed E-state index contributed by atoms with van der Waals surface area (Å²) < 4.78 is 24.6. The number of hydrogen-bond donors (Lipinski definition) is 2. The first-order valence-electron chi connectivity index (χ1n) is 5.01. The van der Waals surface area contributed by atoms with Gasteiger partial charge in [0.05, 0.1) is 4.90 Å². The first-order chi connectivity index (χ1) is 8.43. The summed E-state index contributed by atoms with van der Waals surface area (Å²) in [6.45, 7) is -0.263. The molecule has 2 aromatic rings. The van der Waals surface area contributed by atoms with Gasteiger partial charge in [0, 0.05) is 11.9 Å². The maximum atomic E-state index is 11.3. The molecule has 2 N–H and O–H groups in total. The minimum absolute atomic E-state index is 0.229. The van der Waals surface area contributed by atoms with E-state index in [4.69, 9.17) is 17.3 Å². The number of sulfone groups is 1. The molecule has 0 bridgehead atoms. The molecule has 1 heterocycles. The Morgan fingerprint density at radius 3 is 2.50 bits per heavy atom. The van der Waals surface area contributed by atoms with Crippen molar-refractivity contribution in [1.82, 2.24) is 14.8 Å². The Morgan fingerprint density at radius 2 is 2.00 bits per heavy atom. The molecule has 1 aromatic carbocycles. The predicted molar refractivity (Wildman–Crippen MR) is 67.8 cm³/mol. The van der Waals surface area contributed by atoms with E-state index in [0.29, 0.717) is 16.3 Å². The van der Waals surface area contributed by atoms with Crippen LogP contribution in [-0.2, 0) is 16.4 Å². The molecule has 0 atom stereocenters. The van der Waals surface area contributed by atoms with Gasteiger partial charge in [-0.2, -0.15) is 5.10 Å². The van der Waals surface area contributed by atoms with Crippen LogP contribution in [0.1, 0.15) is 5.82 Å². The minimum Gasteiger partial charge on any atom is -0.388 e. The Balaban J connectivity index is 2.53. The van der Waals surface area contributed by atoms with Gasteiger partial charge in [0.2, 0.25) is 0 Å². The molecule has 0 aliphatic carbocycles. The average Bonchev–Trinajstić information content (AvgIpc) is 2.69. The largest absolute Gasteiger partial charge is 0.388 e. The summed E-state index contributed by atoms with van der Waals surface area (Å²) in [4.78, 5) is 0.229. The molecule has 6 nitrogen and oxygen atoms in total. The second-order valence-corrected chi connectivity index (χ2v) is 6.11. The Bertz CT molecular complexity index is 714. The zero-order chi connectivity index (χ0) is 13.3. The van der Waals surface area contributed by atoms with Crippen LogP contribution in [0.25, 0.3) is 5.69 Å². The van der Waals surface area contributed by atoms with Crippen molar-refractivity contribution in [3.05, 3.63) is 34.9 Å². The lowest BCUT2D eigenvalue weighted by atomic mass is 10.3. The van der Waals surface area contributed by atoms with Crippen molar-refractivity contribution in [1.29, 1.82) is 0 Å². The Kier molecular flexibility index (Phi) is 3.33. The fourth-order valence-corrected chi connectivity index (χ4v) is 2.43. The molecule has 0 aliphatic rings. The molecule has 96 valence electrons. The van der Waals surface area contributed by atoms with E-state index in [2.05, 4.69) is 10.2 Å². The van der Waals surface area contributed by atoms with Crippen molar-refractivity contribution in [3.63, 3.8) is 0 Å². The van der Waals surface area contributed by atoms with Crippen molar-refractivity contribution < 1.29 is 13.5 Å². The first kappa shape index (κ1) is 12.9. The highest BCUT2D eigenvalue weighted by Crippen LogP contribution is 2.15. The second-order valence-electron chi connectivity index (χ2n) is 3.70. The molecule has 0 amide bonds. The summed E-state index contributed by atoms with van der Waals surface area (Å²) in [5.41, 5.74) is 0.644. The van der Waals surface area contributed by atoms with Gasteiger partial charge in [-0.3, -0.25) is 9.67 Å². The van der Waals surface area contributed by atoms with E-state index >= 15 is 0 Å². The van der Waals surface area contributed by atoms with E-state index < -0.39 is 9.84 Å². The van der Waals surface area contributed by atoms with Gasteiger partial charge in [0.25, 0.3) is 0 Å². The second kappa shape index (κ2) is 4.63. The van der Waals surface area contributed by atoms with Crippen molar-refractivity contribution >= 4 is 22.1 Å². The highest BCUT2D eigenvalue weighted by molar-refractivity contribution is 7.90. The van der Waals surface area contributed by atoms with E-state index in [0.717, 1.165) is 6.26 Å². The van der Waals surface area contributed by atoms with Crippen LogP contribution in [0.3, 0.4) is 0 Å². The maximum Gasteiger partial charge on any atom is 0.199 e. The Labute approximate surface area is 109 Å². The van der Waals surface area contributed by atoms with Crippen molar-refractivity contribution in [2.24, 2.45) is 0 Å². The third-order valence-electron chi connectivity index (χ3n) is 2.41. The van der Waals surface area contributed by atoms with Gasteiger partial charge in [-0.15, -0.1) is 0 Å². The molecule has 0 radical (unpaired) electrons. The van der Waals surface area contributed by atoms with Gasteiger partial charge >= 0.3 is 0 Å². The molecule has 18 heavy (non-hydrogen) atoms. The van der Waals surface area contributed by atoms with Crippen LogP contribution in [0.2, 0.25) is 0 Å². The number of benzene rings is 1. The summed E-state index contributed by atoms with van der Waals surface area (Å²) in [7, 11) is -3.22. The van der Waals surface area contributed by atoms with Crippen molar-refractivity contribution in [2.75, 3.05) is 6.26 Å². The van der Waals surface area contributed by atoms with Crippen LogP contribution >= 0.6 is 12.2 Å². The molecule has 1 aromatic heterocycles. The fourth-order valence-electron chi connectivity index (χ4n) is 1.54. The van der Waals surface area contributed by atoms with Crippen LogP contribution < -0.4 is 0 Å². The van der Waals surface area contributed by atoms with Crippen LogP contribution in [0.4, 0.5) is 0 Å². The third kappa shape index (κ3) is 2.35. The number of hydrogen-bond acceptors (Lipinski definition) is 5. The van der Waals surface area contributed by atoms with E-state index in [1.165, 1.54) is 12.1 Å². The molecular weight excluding hydrogens is 274 g/mol. The van der Waals surface area contributed by atoms with Crippen LogP contribution in [0.15, 0.2) is 29.2 Å². The highest BCUT2D eigenvalue weighted by atomic mass is 32.2. The van der Waals surface area contributed by atoms with Gasteiger partial charge in [-0.1, -0.05) is 0 Å². The van der Waals surface area contributed by atoms with E-state index in [1.54, 1.807) is 16.7 Å². The zero-order valence-electron chi connectivity index (χ0n) is 9.49. The number of nitrogens with one attached hydrogen (secondary N) is 1. The minimum atomic E-state index is -3.22. The summed E-state index contributed by atoms with van der Waals surface area (Å²) in [5.74, 6) is 0.368. The van der Waals surface area contributed by atoms with Crippen molar-refractivity contribution in [3.8, 4) is 5.69 Å². The monoisotopic (exact) mass is 285 g/mol. The SMILES string of the molecule is CS(=O)(=O)c1ccc(-n2c(CO)n[nH]c2=S)cc1. The van der Waals surface area contributed by atoms with Crippen LogP contribution in [0, 0.1) is 4.77 Å². The fraction of sp³-hybridized carbons (Fsp3) is 0.200. The van der Waals surface area contributed by atoms with Gasteiger partial charge in [0.1, 0.15) is 6.61 Å². The van der Waals surface area contributed by atoms with E-state index in [9.17, 15) is 8.42 Å². The molecule has 0 saturated heterocycles. The number of rotatable bonds is 3. The number of aliphatic hydroxyl groups excluding tert-OH is 1. The number of aliphatic hydroxyl groups is 1. The Morgan fingerprint density at radius 1 is 1.39 bits per heavy atom. The molecule has 0 fully saturated rings. The van der Waals surface area contributed by atoms with Gasteiger partial charge in [-0.25, -0.2) is 8.42 Å². The number of aromatic nitrogens is 3. The van der Waals surface area contributed by atoms with Crippen LogP contribution in [0.5, 0.6) is 0 Å². The molecular formula is C10H11N3O3S2. The van der Waals surface area contributed by atoms with Gasteiger partial charge in [0.15, 0.2) is 20.4 Å². The summed E-state index contributed by atoms with van der Waals surface area (Å²) >= 11 is 5.04. The average molecular weight is 285 g/mol. The van der Waals surface area contributed by atoms with Gasteiger partial charge in [-0.05, 0) is 36.5 Å². The maximum absolute atomic E-state index is 11.3. The standard InChI is InChI=1S/C10H11N3O3S2/c1-18(15,16)8-4-2-7(3-5-8)13-9(6-14)11-12-10(13)17/h2-5,14H,6H2,1H3,(H,12,17). The van der Waals surface area contributed by atoms with Crippen LogP contribution in [-0.4, -0.2) is 34.5 Å². The topological polar surface area (TPSA) is 88.0 Å². The summed E-state index contributed by atoms with van der Waals surface area (Å²) in [6.07, 6.45) is 1.14. The lowest BCUT2D eigenvalue weighted by Gasteiger charge is -2.05. The predicted octanol–water partition coefficient (Wildman–Crippen LogP) is 0.826. The van der Waals surface area contributed by atoms with Crippen molar-refractivity contribution in [2.45, 2.75) is 11.5 Å². The van der Waals surface area contributed by atoms with E-state index in [1.807, 2.05) is 0 Å². The normalized spacial score (nSPS) is 11.7. The highest BCUT2D eigenvalue weighted by Gasteiger charge is 2.10. The molecule has 0 aliphatic heterocycles. The van der Waals surface area contributed by atoms with E-state index in [-0.39, 0.29) is 11.5 Å². The first-order valence-corrected chi connectivity index (χ1v) is 7.31. The number of H-pyrrole nitrogens is 1. The van der Waals surface area contributed by atoms with Gasteiger partial charge < -0.3 is 5.11 Å². The smallest absolute Gasteiger partial charge is 0.199 e. The molecule has 8 heteroatoms. The molecule has 0 unspecified atom stereocenters. The Hall–Kier alpha value is -1.51. The third-order valence-corrected chi connectivity index (χ3v) is 3.81. The zero-order valence-corrected chi connectivity index (χ0v) is 11.1. The lowest BCUT2D eigenvalue weighted by molar-refractivity contribution is 0.269. The summed E-state index contributed by atoms with van der Waals surface area (Å²) in [6, 6.07) is 6.20. The number of nitrogens with zero attached hydrogens (tertiary/aromatic N) is 2. The summed E-state index contributed by atoms with van der Waals surface area (Å²) in [5, 5.41) is 15.6. The lowest BCUT2D eigenvalue weighted by Crippen LogP contribution is -2.02. The quantitative estimate of drug-likeness (QED) is 0.815. The molecule has 2 rings (SSSR count). The molecule has 0 spiro atoms.